The monoisotopic (exact) mass is 507 g/mol. The highest BCUT2D eigenvalue weighted by Crippen LogP contribution is 2.34. The third-order valence-electron chi connectivity index (χ3n) is 5.76. The molecule has 2 saturated heterocycles. The number of hydrogen-bond acceptors (Lipinski definition) is 7. The standard InChI is InChI=1S/C23H18F5N5O3/c1-12-31-20(5-21-32(12)9-15-7-30-19(34)10-33(15)21)35-11-13-2-17(24)22(18(25)3-13)36-16-4-14(6-29-8-16)23(26,27)28/h2-6,8,15H,1,7,9-11H2,(H,30,34). The van der Waals surface area contributed by atoms with Crippen molar-refractivity contribution in [2.75, 3.05) is 19.6 Å². The lowest BCUT2D eigenvalue weighted by Crippen LogP contribution is -2.51. The number of pyridine rings is 1. The van der Waals surface area contributed by atoms with E-state index in [1.54, 1.807) is 6.08 Å². The topological polar surface area (TPSA) is 79.3 Å². The van der Waals surface area contributed by atoms with Crippen LogP contribution in [-0.2, 0) is 22.3 Å². The second-order valence-corrected chi connectivity index (χ2v) is 8.25. The Bertz CT molecular complexity index is 1290. The number of piperazine rings is 1. The molecule has 8 nitrogen and oxygen atoms in total. The van der Waals surface area contributed by atoms with Gasteiger partial charge in [0.2, 0.25) is 11.8 Å². The summed E-state index contributed by atoms with van der Waals surface area (Å²) in [6, 6.07) is 2.53. The number of fused-ring (bicyclic) bond motifs is 3. The van der Waals surface area contributed by atoms with E-state index >= 15 is 0 Å². The van der Waals surface area contributed by atoms with Gasteiger partial charge in [0.15, 0.2) is 17.4 Å². The quantitative estimate of drug-likeness (QED) is 0.639. The second-order valence-electron chi connectivity index (χ2n) is 8.25. The molecule has 13 heteroatoms. The highest BCUT2D eigenvalue weighted by molar-refractivity contribution is 5.90. The van der Waals surface area contributed by atoms with Crippen LogP contribution in [0.1, 0.15) is 11.1 Å². The minimum atomic E-state index is -4.69. The molecule has 1 atom stereocenters. The van der Waals surface area contributed by atoms with Crippen molar-refractivity contribution in [3.05, 3.63) is 77.7 Å². The van der Waals surface area contributed by atoms with Crippen LogP contribution in [0.2, 0.25) is 0 Å². The number of hydrogen-bond donors (Lipinski definition) is 1. The zero-order valence-corrected chi connectivity index (χ0v) is 18.5. The molecule has 2 fully saturated rings. The summed E-state index contributed by atoms with van der Waals surface area (Å²) in [6.07, 6.45) is -1.58. The molecule has 1 aromatic carbocycles. The minimum absolute atomic E-state index is 0.0583. The van der Waals surface area contributed by atoms with E-state index in [-0.39, 0.29) is 36.6 Å². The number of ether oxygens (including phenoxy) is 2. The predicted octanol–water partition coefficient (Wildman–Crippen LogP) is 3.53. The maximum Gasteiger partial charge on any atom is 0.418 e. The van der Waals surface area contributed by atoms with E-state index in [0.717, 1.165) is 18.3 Å². The van der Waals surface area contributed by atoms with E-state index in [1.807, 2.05) is 9.80 Å². The molecule has 188 valence electrons. The molecule has 36 heavy (non-hydrogen) atoms. The Morgan fingerprint density at radius 2 is 1.92 bits per heavy atom. The Morgan fingerprint density at radius 3 is 2.64 bits per heavy atom. The molecule has 5 rings (SSSR count). The third-order valence-corrected chi connectivity index (χ3v) is 5.76. The fourth-order valence-corrected chi connectivity index (χ4v) is 4.07. The summed E-state index contributed by atoms with van der Waals surface area (Å²) < 4.78 is 78.4. The molecule has 4 heterocycles. The smallest absolute Gasteiger partial charge is 0.418 e. The van der Waals surface area contributed by atoms with Gasteiger partial charge in [-0.05, 0) is 23.8 Å². The molecule has 1 amide bonds. The lowest BCUT2D eigenvalue weighted by atomic mass is 10.2. The Balaban J connectivity index is 1.29. The molecule has 0 bridgehead atoms. The molecule has 0 radical (unpaired) electrons. The number of rotatable bonds is 4. The van der Waals surface area contributed by atoms with Gasteiger partial charge in [0.1, 0.15) is 24.0 Å². The third kappa shape index (κ3) is 4.55. The largest absolute Gasteiger partial charge is 0.473 e. The number of nitrogens with one attached hydrogen (secondary N) is 1. The van der Waals surface area contributed by atoms with Gasteiger partial charge >= 0.3 is 6.18 Å². The van der Waals surface area contributed by atoms with Crippen LogP contribution in [0.5, 0.6) is 11.5 Å². The first kappa shape index (κ1) is 23.6. The molecule has 0 spiro atoms. The van der Waals surface area contributed by atoms with Gasteiger partial charge in [-0.2, -0.15) is 18.2 Å². The summed E-state index contributed by atoms with van der Waals surface area (Å²) in [5, 5.41) is 2.81. The summed E-state index contributed by atoms with van der Waals surface area (Å²) in [5.74, 6) is -2.49. The zero-order chi connectivity index (χ0) is 25.6. The van der Waals surface area contributed by atoms with Crippen molar-refractivity contribution in [3.8, 4) is 11.5 Å². The van der Waals surface area contributed by atoms with Crippen LogP contribution in [-0.4, -0.2) is 52.3 Å². The first-order valence-electron chi connectivity index (χ1n) is 10.7. The van der Waals surface area contributed by atoms with Crippen molar-refractivity contribution in [3.63, 3.8) is 0 Å². The molecule has 3 aliphatic rings. The SMILES string of the molecule is C=C1N=C(OCc2cc(F)c(Oc3cncc(C(F)(F)F)c3)c(F)c2)C=C2N1CC1CNC(=O)CN21. The molecule has 1 unspecified atom stereocenters. The molecule has 2 aromatic rings. The van der Waals surface area contributed by atoms with Gasteiger partial charge in [-0.15, -0.1) is 0 Å². The fraction of sp³-hybridized carbons (Fsp3) is 0.261. The van der Waals surface area contributed by atoms with Gasteiger partial charge in [0.05, 0.1) is 24.3 Å². The van der Waals surface area contributed by atoms with Crippen LogP contribution in [0, 0.1) is 11.6 Å². The van der Waals surface area contributed by atoms with Gasteiger partial charge in [-0.25, -0.2) is 8.78 Å². The van der Waals surface area contributed by atoms with E-state index in [2.05, 4.69) is 21.9 Å². The fourth-order valence-electron chi connectivity index (χ4n) is 4.07. The summed E-state index contributed by atoms with van der Waals surface area (Å²) in [7, 11) is 0. The molecular formula is C23H18F5N5O3. The molecule has 1 N–H and O–H groups in total. The summed E-state index contributed by atoms with van der Waals surface area (Å²) >= 11 is 0. The minimum Gasteiger partial charge on any atom is -0.473 e. The number of carbonyl (C=O) groups is 1. The van der Waals surface area contributed by atoms with Gasteiger partial charge in [0.25, 0.3) is 0 Å². The Morgan fingerprint density at radius 1 is 1.17 bits per heavy atom. The van der Waals surface area contributed by atoms with Gasteiger partial charge < -0.3 is 24.6 Å². The number of aliphatic imine (C=N–C) groups is 1. The molecular weight excluding hydrogens is 489 g/mol. The van der Waals surface area contributed by atoms with Gasteiger partial charge in [-0.3, -0.25) is 9.78 Å². The van der Waals surface area contributed by atoms with Crippen LogP contribution in [0.15, 0.2) is 59.9 Å². The van der Waals surface area contributed by atoms with E-state index in [4.69, 9.17) is 9.47 Å². The average Bonchev–Trinajstić information content (AvgIpc) is 3.18. The molecule has 1 aromatic heterocycles. The first-order chi connectivity index (χ1) is 17.1. The Labute approximate surface area is 201 Å². The average molecular weight is 507 g/mol. The lowest BCUT2D eigenvalue weighted by molar-refractivity contribution is -0.138. The highest BCUT2D eigenvalue weighted by Gasteiger charge is 2.40. The number of nitrogens with zero attached hydrogens (tertiary/aromatic N) is 4. The highest BCUT2D eigenvalue weighted by atomic mass is 19.4. The van der Waals surface area contributed by atoms with Crippen LogP contribution in [0.25, 0.3) is 0 Å². The maximum absolute atomic E-state index is 14.6. The van der Waals surface area contributed by atoms with Crippen LogP contribution >= 0.6 is 0 Å². The van der Waals surface area contributed by atoms with Gasteiger partial charge in [0, 0.05) is 25.4 Å². The summed E-state index contributed by atoms with van der Waals surface area (Å²) in [4.78, 5) is 23.2. The molecule has 0 aliphatic carbocycles. The second kappa shape index (κ2) is 8.81. The van der Waals surface area contributed by atoms with Crippen LogP contribution in [0.3, 0.4) is 0 Å². The lowest BCUT2D eigenvalue weighted by Gasteiger charge is -2.31. The number of alkyl halides is 3. The number of halogens is 5. The summed E-state index contributed by atoms with van der Waals surface area (Å²) in [6.45, 7) is 4.91. The van der Waals surface area contributed by atoms with Crippen molar-refractivity contribution in [2.45, 2.75) is 18.8 Å². The van der Waals surface area contributed by atoms with Gasteiger partial charge in [-0.1, -0.05) is 6.58 Å². The molecule has 3 aliphatic heterocycles. The van der Waals surface area contributed by atoms with Crippen molar-refractivity contribution in [1.82, 2.24) is 20.1 Å². The van der Waals surface area contributed by atoms with Crippen LogP contribution < -0.4 is 10.1 Å². The van der Waals surface area contributed by atoms with E-state index in [0.29, 0.717) is 37.0 Å². The number of aromatic nitrogens is 1. The van der Waals surface area contributed by atoms with Crippen molar-refractivity contribution in [2.24, 2.45) is 4.99 Å². The Kier molecular flexibility index (Phi) is 5.77. The maximum atomic E-state index is 14.6. The number of carbonyl (C=O) groups excluding carboxylic acids is 1. The van der Waals surface area contributed by atoms with E-state index in [9.17, 15) is 26.7 Å². The predicted molar refractivity (Wildman–Crippen MR) is 115 cm³/mol. The van der Waals surface area contributed by atoms with Crippen molar-refractivity contribution in [1.29, 1.82) is 0 Å². The number of benzene rings is 1. The number of amides is 1. The van der Waals surface area contributed by atoms with Crippen molar-refractivity contribution < 1.29 is 36.2 Å². The normalized spacial score (nSPS) is 19.3. The Hall–Kier alpha value is -4.16. The van der Waals surface area contributed by atoms with E-state index < -0.39 is 34.9 Å². The zero-order valence-electron chi connectivity index (χ0n) is 18.5. The van der Waals surface area contributed by atoms with Crippen molar-refractivity contribution >= 4 is 11.8 Å². The van der Waals surface area contributed by atoms with Crippen LogP contribution in [0.4, 0.5) is 22.0 Å². The summed E-state index contributed by atoms with van der Waals surface area (Å²) in [5.41, 5.74) is -1.03. The molecule has 0 saturated carbocycles. The van der Waals surface area contributed by atoms with E-state index in [1.165, 1.54) is 0 Å². The first-order valence-corrected chi connectivity index (χ1v) is 10.7.